The van der Waals surface area contributed by atoms with Crippen molar-refractivity contribution in [2.45, 2.75) is 174 Å². The first-order chi connectivity index (χ1) is 27.1. The molecule has 0 bridgehead atoms. The Balaban J connectivity index is 4.48. The predicted molar refractivity (Wildman–Crippen MR) is 231 cm³/mol. The van der Waals surface area contributed by atoms with E-state index in [4.69, 9.17) is 14.2 Å². The number of nitrogens with zero attached hydrogens (tertiary/aromatic N) is 1. The Morgan fingerprint density at radius 3 is 1.55 bits per heavy atom. The molecule has 2 unspecified atom stereocenters. The van der Waals surface area contributed by atoms with Crippen molar-refractivity contribution in [3.05, 3.63) is 72.9 Å². The van der Waals surface area contributed by atoms with Crippen molar-refractivity contribution < 1.29 is 38.2 Å². The molecule has 0 spiro atoms. The fraction of sp³-hybridized carbons (Fsp3) is 0.688. The second-order valence-corrected chi connectivity index (χ2v) is 15.5. The molecule has 0 radical (unpaired) electrons. The van der Waals surface area contributed by atoms with E-state index in [1.54, 1.807) is 21.1 Å². The number of hydrogen-bond acceptors (Lipinski definition) is 7. The molecule has 0 rings (SSSR count). The molecule has 0 aromatic carbocycles. The number of aliphatic carboxylic acids is 1. The normalized spacial score (nSPS) is 13.7. The minimum Gasteiger partial charge on any atom is -0.544 e. The van der Waals surface area contributed by atoms with Crippen molar-refractivity contribution in [1.82, 2.24) is 0 Å². The average Bonchev–Trinajstić information content (AvgIpc) is 3.15. The highest BCUT2D eigenvalue weighted by Crippen LogP contribution is 2.12. The molecule has 8 nitrogen and oxygen atoms in total. The van der Waals surface area contributed by atoms with Gasteiger partial charge in [0, 0.05) is 19.3 Å². The Labute approximate surface area is 342 Å². The second kappa shape index (κ2) is 38.6. The van der Waals surface area contributed by atoms with Crippen molar-refractivity contribution in [2.24, 2.45) is 0 Å². The van der Waals surface area contributed by atoms with Gasteiger partial charge in [0.1, 0.15) is 12.6 Å². The number of hydrogen-bond donors (Lipinski definition) is 0. The van der Waals surface area contributed by atoms with E-state index < -0.39 is 24.1 Å². The first-order valence-electron chi connectivity index (χ1n) is 22.0. The van der Waals surface area contributed by atoms with Crippen molar-refractivity contribution >= 4 is 17.9 Å². The maximum Gasteiger partial charge on any atom is 0.306 e. The van der Waals surface area contributed by atoms with Crippen molar-refractivity contribution in [3.8, 4) is 0 Å². The predicted octanol–water partition coefficient (Wildman–Crippen LogP) is 10.6. The molecular weight excluding hydrogens is 703 g/mol. The third-order valence-corrected chi connectivity index (χ3v) is 9.34. The molecule has 0 saturated heterocycles. The highest BCUT2D eigenvalue weighted by Gasteiger charge is 2.25. The van der Waals surface area contributed by atoms with Crippen LogP contribution in [0.1, 0.15) is 162 Å². The molecule has 2 atom stereocenters. The summed E-state index contributed by atoms with van der Waals surface area (Å²) in [6, 6.07) is -0.742. The van der Waals surface area contributed by atoms with Crippen molar-refractivity contribution in [1.29, 1.82) is 0 Å². The Morgan fingerprint density at radius 1 is 0.554 bits per heavy atom. The zero-order valence-corrected chi connectivity index (χ0v) is 36.3. The lowest BCUT2D eigenvalue weighted by molar-refractivity contribution is -0.889. The van der Waals surface area contributed by atoms with E-state index in [2.05, 4.69) is 74.6 Å². The Morgan fingerprint density at radius 2 is 1.04 bits per heavy atom. The summed E-state index contributed by atoms with van der Waals surface area (Å²) in [6.07, 6.45) is 48.0. The van der Waals surface area contributed by atoms with Gasteiger partial charge < -0.3 is 28.6 Å². The number of allylic oxidation sites excluding steroid dienone is 12. The number of rotatable bonds is 38. The third-order valence-electron chi connectivity index (χ3n) is 9.34. The number of unbranched alkanes of at least 4 members (excludes halogenated alkanes) is 12. The lowest BCUT2D eigenvalue weighted by Gasteiger charge is -2.34. The van der Waals surface area contributed by atoms with Gasteiger partial charge in [0.15, 0.2) is 6.10 Å². The third kappa shape index (κ3) is 36.4. The van der Waals surface area contributed by atoms with Crippen LogP contribution >= 0.6 is 0 Å². The molecule has 320 valence electrons. The molecule has 0 fully saturated rings. The van der Waals surface area contributed by atoms with E-state index in [1.165, 1.54) is 57.8 Å². The number of carboxylic acid groups (broad SMARTS) is 1. The summed E-state index contributed by atoms with van der Waals surface area (Å²) >= 11 is 0. The smallest absolute Gasteiger partial charge is 0.306 e. The number of quaternary nitrogens is 1. The first-order valence-corrected chi connectivity index (χ1v) is 22.0. The summed E-state index contributed by atoms with van der Waals surface area (Å²) in [5, 5.41) is 11.6. The second-order valence-electron chi connectivity index (χ2n) is 15.5. The Hall–Kier alpha value is -3.23. The van der Waals surface area contributed by atoms with E-state index in [9.17, 15) is 19.5 Å². The van der Waals surface area contributed by atoms with E-state index in [0.717, 1.165) is 64.2 Å². The van der Waals surface area contributed by atoms with Gasteiger partial charge in [0.05, 0.1) is 40.3 Å². The molecule has 56 heavy (non-hydrogen) atoms. The molecule has 0 saturated carbocycles. The van der Waals surface area contributed by atoms with E-state index in [0.29, 0.717) is 12.8 Å². The average molecular weight is 784 g/mol. The van der Waals surface area contributed by atoms with Crippen LogP contribution in [0.15, 0.2) is 72.9 Å². The molecule has 0 aromatic rings. The van der Waals surface area contributed by atoms with Crippen LogP contribution < -0.4 is 5.11 Å². The lowest BCUT2D eigenvalue weighted by Crippen LogP contribution is -2.55. The number of ether oxygens (including phenoxy) is 3. The molecule has 0 heterocycles. The van der Waals surface area contributed by atoms with Crippen LogP contribution in [-0.2, 0) is 28.6 Å². The summed E-state index contributed by atoms with van der Waals surface area (Å²) < 4.78 is 17.1. The maximum atomic E-state index is 12.7. The molecule has 0 amide bonds. The minimum atomic E-state index is -1.14. The fourth-order valence-corrected chi connectivity index (χ4v) is 5.94. The van der Waals surface area contributed by atoms with Crippen molar-refractivity contribution in [2.75, 3.05) is 41.0 Å². The van der Waals surface area contributed by atoms with Crippen molar-refractivity contribution in [3.63, 3.8) is 0 Å². The Kier molecular flexibility index (Phi) is 36.4. The molecule has 0 aliphatic rings. The lowest BCUT2D eigenvalue weighted by atomic mass is 10.1. The van der Waals surface area contributed by atoms with Gasteiger partial charge in [0.25, 0.3) is 0 Å². The first kappa shape index (κ1) is 52.8. The number of esters is 2. The molecule has 0 N–H and O–H groups in total. The zero-order valence-electron chi connectivity index (χ0n) is 36.3. The van der Waals surface area contributed by atoms with Gasteiger partial charge in [-0.2, -0.15) is 0 Å². The van der Waals surface area contributed by atoms with Crippen LogP contribution in [0.4, 0.5) is 0 Å². The van der Waals surface area contributed by atoms with E-state index in [-0.39, 0.29) is 43.1 Å². The topological polar surface area (TPSA) is 102 Å². The largest absolute Gasteiger partial charge is 0.544 e. The highest BCUT2D eigenvalue weighted by molar-refractivity contribution is 5.70. The maximum absolute atomic E-state index is 12.7. The highest BCUT2D eigenvalue weighted by atomic mass is 16.6. The van der Waals surface area contributed by atoms with Gasteiger partial charge in [0.2, 0.25) is 0 Å². The van der Waals surface area contributed by atoms with Crippen LogP contribution in [0.5, 0.6) is 0 Å². The van der Waals surface area contributed by atoms with Gasteiger partial charge in [-0.25, -0.2) is 0 Å². The molecular formula is C48H81NO7. The number of carboxylic acids is 1. The van der Waals surface area contributed by atoms with E-state index in [1.807, 2.05) is 12.2 Å². The molecule has 0 aromatic heterocycles. The van der Waals surface area contributed by atoms with Crippen LogP contribution in [-0.4, -0.2) is 75.5 Å². The van der Waals surface area contributed by atoms with Crippen LogP contribution in [0, 0.1) is 0 Å². The van der Waals surface area contributed by atoms with Gasteiger partial charge in [-0.3, -0.25) is 9.59 Å². The summed E-state index contributed by atoms with van der Waals surface area (Å²) in [4.78, 5) is 36.8. The minimum absolute atomic E-state index is 0.00505. The number of likely N-dealkylation sites (N-methyl/N-ethyl adjacent to an activating group) is 1. The quantitative estimate of drug-likeness (QED) is 0.0266. The SMILES string of the molecule is CC/C=C/C/C=C/C/C=C/C/C=C/C/C=C/CCC(=O)OC(COCCC(C(=O)[O-])[N+](C)(C)C)COC(=O)CCCCCCC/C=C/CCCCCCCCC. The van der Waals surface area contributed by atoms with Gasteiger partial charge in [-0.05, 0) is 70.6 Å². The monoisotopic (exact) mass is 784 g/mol. The van der Waals surface area contributed by atoms with E-state index >= 15 is 0 Å². The molecule has 0 aliphatic heterocycles. The standard InChI is InChI=1S/C48H81NO7/c1-6-8-10-12-14-16-18-20-22-24-26-28-30-32-34-36-38-46(50)55-43-44(42-54-41-40-45(48(52)53)49(3,4)5)56-47(51)39-37-35-33-31-29-27-25-23-21-19-17-15-13-11-9-7-2/h9,11,15,17,21-24,27,29,33,35,44-45H,6-8,10,12-14,16,18-20,25-26,28,30-32,34,36-43H2,1-5H3/b11-9+,17-15+,23-21+,24-22+,29-27+,35-33+. The van der Waals surface area contributed by atoms with Gasteiger partial charge in [-0.1, -0.05) is 145 Å². The summed E-state index contributed by atoms with van der Waals surface area (Å²) in [5.74, 6) is -1.86. The van der Waals surface area contributed by atoms with Crippen LogP contribution in [0.3, 0.4) is 0 Å². The number of carbonyl (C=O) groups excluding carboxylic acids is 3. The summed E-state index contributed by atoms with van der Waals surface area (Å²) in [5.41, 5.74) is 0. The summed E-state index contributed by atoms with van der Waals surface area (Å²) in [7, 11) is 5.37. The zero-order chi connectivity index (χ0) is 41.4. The molecule has 0 aliphatic carbocycles. The van der Waals surface area contributed by atoms with Crippen LogP contribution in [0.25, 0.3) is 0 Å². The number of carbonyl (C=O) groups is 3. The van der Waals surface area contributed by atoms with Gasteiger partial charge >= 0.3 is 11.9 Å². The van der Waals surface area contributed by atoms with Crippen LogP contribution in [0.2, 0.25) is 0 Å². The molecule has 8 heteroatoms. The van der Waals surface area contributed by atoms with Gasteiger partial charge in [-0.15, -0.1) is 0 Å². The Bertz CT molecular complexity index is 1140. The fourth-order valence-electron chi connectivity index (χ4n) is 5.94. The summed E-state index contributed by atoms with van der Waals surface area (Å²) in [6.45, 7) is 4.44.